The first-order valence-electron chi connectivity index (χ1n) is 10.7. The third-order valence-corrected chi connectivity index (χ3v) is 4.80. The van der Waals surface area contributed by atoms with Crippen LogP contribution in [0, 0.1) is 5.92 Å². The van der Waals surface area contributed by atoms with Crippen LogP contribution >= 0.6 is 0 Å². The van der Waals surface area contributed by atoms with E-state index in [1.54, 1.807) is 0 Å². The van der Waals surface area contributed by atoms with Gasteiger partial charge < -0.3 is 19.7 Å². The number of nitrogens with zero attached hydrogens (tertiary/aromatic N) is 1. The molecule has 1 rings (SSSR count). The molecule has 1 atom stereocenters. The van der Waals surface area contributed by atoms with E-state index in [9.17, 15) is 4.79 Å². The van der Waals surface area contributed by atoms with Crippen molar-refractivity contribution in [3.8, 4) is 5.75 Å². The Morgan fingerprint density at radius 2 is 1.75 bits per heavy atom. The summed E-state index contributed by atoms with van der Waals surface area (Å²) in [5.74, 6) is 1.10. The lowest BCUT2D eigenvalue weighted by Gasteiger charge is -2.30. The Bertz CT molecular complexity index is 555. The van der Waals surface area contributed by atoms with Gasteiger partial charge in [0.05, 0.1) is 6.61 Å². The second-order valence-corrected chi connectivity index (χ2v) is 7.88. The van der Waals surface area contributed by atoms with Crippen LogP contribution in [0.25, 0.3) is 0 Å². The number of carbonyl (C=O) groups is 1. The molecule has 5 heteroatoms. The fourth-order valence-corrected chi connectivity index (χ4v) is 3.24. The van der Waals surface area contributed by atoms with Crippen LogP contribution in [0.4, 0.5) is 5.69 Å². The molecular formula is C23H40N2O3. The van der Waals surface area contributed by atoms with Crippen LogP contribution in [-0.4, -0.2) is 49.3 Å². The third kappa shape index (κ3) is 8.61. The zero-order valence-electron chi connectivity index (χ0n) is 18.7. The normalized spacial score (nSPS) is 13.6. The molecule has 28 heavy (non-hydrogen) atoms. The number of anilines is 1. The molecule has 0 aliphatic carbocycles. The van der Waals surface area contributed by atoms with Gasteiger partial charge in [-0.15, -0.1) is 0 Å². The van der Waals surface area contributed by atoms with E-state index in [-0.39, 0.29) is 5.91 Å². The smallest absolute Gasteiger partial charge is 0.256 e. The van der Waals surface area contributed by atoms with Crippen LogP contribution in [0.2, 0.25) is 0 Å². The molecule has 0 saturated carbocycles. The maximum atomic E-state index is 12.8. The Labute approximate surface area is 171 Å². The van der Waals surface area contributed by atoms with Gasteiger partial charge in [-0.05, 0) is 69.5 Å². The predicted octanol–water partition coefficient (Wildman–Crippen LogP) is 4.97. The number of carbonyl (C=O) groups excluding carboxylic acids is 1. The Morgan fingerprint density at radius 1 is 1.11 bits per heavy atom. The zero-order chi connectivity index (χ0) is 21.0. The molecule has 0 aliphatic rings. The maximum absolute atomic E-state index is 12.8. The van der Waals surface area contributed by atoms with Crippen molar-refractivity contribution >= 4 is 11.6 Å². The van der Waals surface area contributed by atoms with Gasteiger partial charge in [-0.2, -0.15) is 0 Å². The molecule has 1 amide bonds. The molecule has 0 aliphatic heterocycles. The summed E-state index contributed by atoms with van der Waals surface area (Å²) in [6.45, 7) is 17.0. The Morgan fingerprint density at radius 3 is 2.29 bits per heavy atom. The molecule has 1 aromatic rings. The molecule has 5 nitrogen and oxygen atoms in total. The summed E-state index contributed by atoms with van der Waals surface area (Å²) in [5.41, 5.74) is -0.0559. The Balaban J connectivity index is 2.56. The highest BCUT2D eigenvalue weighted by Gasteiger charge is 2.34. The second-order valence-electron chi connectivity index (χ2n) is 7.88. The van der Waals surface area contributed by atoms with Crippen LogP contribution in [0.3, 0.4) is 0 Å². The summed E-state index contributed by atoms with van der Waals surface area (Å²) >= 11 is 0. The van der Waals surface area contributed by atoms with Gasteiger partial charge in [-0.3, -0.25) is 4.79 Å². The predicted molar refractivity (Wildman–Crippen MR) is 117 cm³/mol. The number of hydrogen-bond donors (Lipinski definition) is 1. The van der Waals surface area contributed by atoms with E-state index in [1.807, 2.05) is 31.2 Å². The molecule has 0 spiro atoms. The summed E-state index contributed by atoms with van der Waals surface area (Å²) in [5, 5.41) is 3.00. The summed E-state index contributed by atoms with van der Waals surface area (Å²) < 4.78 is 11.7. The molecule has 0 fully saturated rings. The average molecular weight is 393 g/mol. The van der Waals surface area contributed by atoms with Crippen molar-refractivity contribution in [3.63, 3.8) is 0 Å². The van der Waals surface area contributed by atoms with Crippen LogP contribution < -0.4 is 10.1 Å². The van der Waals surface area contributed by atoms with Crippen molar-refractivity contribution in [2.24, 2.45) is 5.92 Å². The monoisotopic (exact) mass is 392 g/mol. The number of hydrogen-bond acceptors (Lipinski definition) is 4. The number of benzene rings is 1. The van der Waals surface area contributed by atoms with E-state index in [0.717, 1.165) is 43.9 Å². The zero-order valence-corrected chi connectivity index (χ0v) is 18.7. The maximum Gasteiger partial charge on any atom is 0.256 e. The van der Waals surface area contributed by atoms with Crippen LogP contribution in [-0.2, 0) is 9.53 Å². The fourth-order valence-electron chi connectivity index (χ4n) is 3.24. The lowest BCUT2D eigenvalue weighted by Crippen LogP contribution is -2.44. The van der Waals surface area contributed by atoms with E-state index < -0.39 is 5.60 Å². The molecular weight excluding hydrogens is 352 g/mol. The first-order valence-corrected chi connectivity index (χ1v) is 10.7. The highest BCUT2D eigenvalue weighted by molar-refractivity contribution is 5.97. The topological polar surface area (TPSA) is 50.8 Å². The molecule has 1 aromatic carbocycles. The van der Waals surface area contributed by atoms with Gasteiger partial charge in [-0.1, -0.05) is 34.6 Å². The van der Waals surface area contributed by atoms with Crippen molar-refractivity contribution in [1.82, 2.24) is 4.90 Å². The SMILES string of the molecule is CCCO[C@](C)(CC(C)C)C(=O)Nc1ccc(OCCCN(CC)CC)cc1. The highest BCUT2D eigenvalue weighted by atomic mass is 16.5. The van der Waals surface area contributed by atoms with Gasteiger partial charge >= 0.3 is 0 Å². The van der Waals surface area contributed by atoms with Crippen LogP contribution in [0.1, 0.15) is 60.8 Å². The van der Waals surface area contributed by atoms with E-state index in [1.165, 1.54) is 0 Å². The minimum Gasteiger partial charge on any atom is -0.494 e. The summed E-state index contributed by atoms with van der Waals surface area (Å²) in [4.78, 5) is 15.2. The largest absolute Gasteiger partial charge is 0.494 e. The minimum atomic E-state index is -0.816. The molecule has 0 aromatic heterocycles. The van der Waals surface area contributed by atoms with Gasteiger partial charge in [0.1, 0.15) is 11.4 Å². The minimum absolute atomic E-state index is 0.0949. The van der Waals surface area contributed by atoms with Crippen LogP contribution in [0.5, 0.6) is 5.75 Å². The standard InChI is InChI=1S/C23H40N2O3/c1-7-16-28-23(6,18-19(4)5)22(26)24-20-11-13-21(14-12-20)27-17-10-15-25(8-2)9-3/h11-14,19H,7-10,15-18H2,1-6H3,(H,24,26)/t23-/m1/s1. The number of ether oxygens (including phenoxy) is 2. The lowest BCUT2D eigenvalue weighted by atomic mass is 9.93. The summed E-state index contributed by atoms with van der Waals surface area (Å²) in [7, 11) is 0. The van der Waals surface area contributed by atoms with Crippen molar-refractivity contribution in [2.45, 2.75) is 66.4 Å². The Hall–Kier alpha value is -1.59. The molecule has 0 radical (unpaired) electrons. The first kappa shape index (κ1) is 24.4. The number of rotatable bonds is 14. The van der Waals surface area contributed by atoms with Gasteiger partial charge in [0.2, 0.25) is 0 Å². The summed E-state index contributed by atoms with van der Waals surface area (Å²) in [6.07, 6.45) is 2.58. The average Bonchev–Trinajstić information content (AvgIpc) is 2.67. The number of nitrogens with one attached hydrogen (secondary N) is 1. The fraction of sp³-hybridized carbons (Fsp3) is 0.696. The molecule has 0 saturated heterocycles. The van der Waals surface area contributed by atoms with E-state index >= 15 is 0 Å². The van der Waals surface area contributed by atoms with E-state index in [0.29, 0.717) is 25.6 Å². The van der Waals surface area contributed by atoms with Crippen molar-refractivity contribution in [1.29, 1.82) is 0 Å². The van der Waals surface area contributed by atoms with Gasteiger partial charge in [0, 0.05) is 18.8 Å². The third-order valence-electron chi connectivity index (χ3n) is 4.80. The van der Waals surface area contributed by atoms with Gasteiger partial charge in [0.15, 0.2) is 0 Å². The highest BCUT2D eigenvalue weighted by Crippen LogP contribution is 2.24. The summed E-state index contributed by atoms with van der Waals surface area (Å²) in [6, 6.07) is 7.57. The quantitative estimate of drug-likeness (QED) is 0.454. The molecule has 1 N–H and O–H groups in total. The van der Waals surface area contributed by atoms with Crippen molar-refractivity contribution in [2.75, 3.05) is 38.2 Å². The van der Waals surface area contributed by atoms with Crippen molar-refractivity contribution in [3.05, 3.63) is 24.3 Å². The molecule has 160 valence electrons. The van der Waals surface area contributed by atoms with E-state index in [2.05, 4.69) is 44.8 Å². The second kappa shape index (κ2) is 12.8. The van der Waals surface area contributed by atoms with Gasteiger partial charge in [0.25, 0.3) is 5.91 Å². The van der Waals surface area contributed by atoms with Gasteiger partial charge in [-0.25, -0.2) is 0 Å². The number of amides is 1. The van der Waals surface area contributed by atoms with Crippen molar-refractivity contribution < 1.29 is 14.3 Å². The first-order chi connectivity index (χ1) is 13.3. The van der Waals surface area contributed by atoms with E-state index in [4.69, 9.17) is 9.47 Å². The molecule has 0 bridgehead atoms. The lowest BCUT2D eigenvalue weighted by molar-refractivity contribution is -0.141. The molecule has 0 unspecified atom stereocenters. The molecule has 0 heterocycles. The van der Waals surface area contributed by atoms with Crippen LogP contribution in [0.15, 0.2) is 24.3 Å². The Kier molecular flexibility index (Phi) is 11.2.